The third kappa shape index (κ3) is 2.95. The largest absolute Gasteiger partial charge is 0.482 e. The Labute approximate surface area is 144 Å². The molecule has 1 aliphatic heterocycles. The highest BCUT2D eigenvalue weighted by Gasteiger charge is 2.44. The molecular weight excluding hydrogens is 323 g/mol. The Bertz CT molecular complexity index is 850. The number of rotatable bonds is 3. The van der Waals surface area contributed by atoms with E-state index in [9.17, 15) is 14.0 Å². The van der Waals surface area contributed by atoms with Crippen molar-refractivity contribution in [1.29, 1.82) is 0 Å². The second kappa shape index (κ2) is 5.88. The van der Waals surface area contributed by atoms with Crippen molar-refractivity contribution in [3.8, 4) is 5.75 Å². The van der Waals surface area contributed by atoms with Gasteiger partial charge in [0.1, 0.15) is 11.6 Å². The molecule has 0 aromatic heterocycles. The highest BCUT2D eigenvalue weighted by Crippen LogP contribution is 2.48. The second-order valence-electron chi connectivity index (χ2n) is 6.41. The normalized spacial score (nSPS) is 21.4. The van der Waals surface area contributed by atoms with Gasteiger partial charge < -0.3 is 15.0 Å². The van der Waals surface area contributed by atoms with Gasteiger partial charge in [-0.25, -0.2) is 4.39 Å². The minimum absolute atomic E-state index is 0.0244. The van der Waals surface area contributed by atoms with Gasteiger partial charge >= 0.3 is 0 Å². The molecule has 2 aromatic carbocycles. The first-order valence-corrected chi connectivity index (χ1v) is 8.12. The highest BCUT2D eigenvalue weighted by atomic mass is 19.1. The third-order valence-electron chi connectivity index (χ3n) is 4.74. The maximum Gasteiger partial charge on any atom is 0.264 e. The van der Waals surface area contributed by atoms with E-state index in [1.165, 1.54) is 17.0 Å². The van der Waals surface area contributed by atoms with Crippen LogP contribution in [0.5, 0.6) is 5.75 Å². The molecule has 2 aromatic rings. The van der Waals surface area contributed by atoms with Crippen molar-refractivity contribution in [1.82, 2.24) is 0 Å². The lowest BCUT2D eigenvalue weighted by Gasteiger charge is -2.26. The number of hydrogen-bond acceptors (Lipinski definition) is 3. The first-order chi connectivity index (χ1) is 12.0. The zero-order valence-corrected chi connectivity index (χ0v) is 13.7. The Hall–Kier alpha value is -2.89. The van der Waals surface area contributed by atoms with Crippen LogP contribution in [0.3, 0.4) is 0 Å². The molecular formula is C19H17FN2O3. The minimum atomic E-state index is -0.277. The van der Waals surface area contributed by atoms with E-state index in [-0.39, 0.29) is 36.1 Å². The topological polar surface area (TPSA) is 58.6 Å². The van der Waals surface area contributed by atoms with Gasteiger partial charge in [0.25, 0.3) is 5.91 Å². The number of hydrogen-bond donors (Lipinski definition) is 1. The van der Waals surface area contributed by atoms with Crippen molar-refractivity contribution >= 4 is 23.2 Å². The summed E-state index contributed by atoms with van der Waals surface area (Å²) in [7, 11) is 1.68. The second-order valence-corrected chi connectivity index (χ2v) is 6.41. The van der Waals surface area contributed by atoms with Crippen LogP contribution in [0, 0.1) is 11.7 Å². The summed E-state index contributed by atoms with van der Waals surface area (Å²) >= 11 is 0. The Morgan fingerprint density at radius 1 is 1.24 bits per heavy atom. The number of benzene rings is 2. The standard InChI is InChI=1S/C19H17FN2O3/c1-22-16-8-13(6-7-17(16)25-10-18(22)23)21-19(24)15-9-14(15)11-2-4-12(20)5-3-11/h2-8,14-15H,9-10H2,1H3,(H,21,24)/t14-,15-/m1/s1. The van der Waals surface area contributed by atoms with E-state index >= 15 is 0 Å². The number of ether oxygens (including phenoxy) is 1. The van der Waals surface area contributed by atoms with Crippen molar-refractivity contribution < 1.29 is 18.7 Å². The summed E-state index contributed by atoms with van der Waals surface area (Å²) < 4.78 is 18.4. The van der Waals surface area contributed by atoms with Crippen molar-refractivity contribution in [3.63, 3.8) is 0 Å². The fourth-order valence-corrected chi connectivity index (χ4v) is 3.15. The van der Waals surface area contributed by atoms with E-state index in [2.05, 4.69) is 5.32 Å². The van der Waals surface area contributed by atoms with Gasteiger partial charge in [-0.3, -0.25) is 9.59 Å². The number of anilines is 2. The fraction of sp³-hybridized carbons (Fsp3) is 0.263. The van der Waals surface area contributed by atoms with Gasteiger partial charge in [-0.1, -0.05) is 12.1 Å². The number of halogens is 1. The van der Waals surface area contributed by atoms with Crippen LogP contribution < -0.4 is 15.0 Å². The van der Waals surface area contributed by atoms with Crippen molar-refractivity contribution in [2.75, 3.05) is 23.9 Å². The summed E-state index contributed by atoms with van der Waals surface area (Å²) in [4.78, 5) is 25.7. The van der Waals surface area contributed by atoms with Gasteiger partial charge in [-0.2, -0.15) is 0 Å². The predicted octanol–water partition coefficient (Wildman–Crippen LogP) is 2.92. The van der Waals surface area contributed by atoms with E-state index in [1.54, 1.807) is 37.4 Å². The molecule has 2 amide bonds. The van der Waals surface area contributed by atoms with Crippen LogP contribution in [-0.4, -0.2) is 25.5 Å². The fourth-order valence-electron chi connectivity index (χ4n) is 3.15. The van der Waals surface area contributed by atoms with Crippen molar-refractivity contribution in [2.24, 2.45) is 5.92 Å². The molecule has 0 bridgehead atoms. The molecule has 25 heavy (non-hydrogen) atoms. The first-order valence-electron chi connectivity index (χ1n) is 8.12. The number of fused-ring (bicyclic) bond motifs is 1. The van der Waals surface area contributed by atoms with E-state index in [4.69, 9.17) is 4.74 Å². The molecule has 1 fully saturated rings. The lowest BCUT2D eigenvalue weighted by Crippen LogP contribution is -2.35. The van der Waals surface area contributed by atoms with E-state index < -0.39 is 0 Å². The Morgan fingerprint density at radius 3 is 2.76 bits per heavy atom. The molecule has 0 spiro atoms. The van der Waals surface area contributed by atoms with Crippen LogP contribution >= 0.6 is 0 Å². The number of carbonyl (C=O) groups is 2. The molecule has 1 heterocycles. The first kappa shape index (κ1) is 15.6. The monoisotopic (exact) mass is 340 g/mol. The zero-order chi connectivity index (χ0) is 17.6. The van der Waals surface area contributed by atoms with E-state index in [0.29, 0.717) is 17.1 Å². The molecule has 0 saturated heterocycles. The summed E-state index contributed by atoms with van der Waals surface area (Å²) in [5, 5.41) is 2.89. The molecule has 1 N–H and O–H groups in total. The van der Waals surface area contributed by atoms with Gasteiger partial charge in [0.05, 0.1) is 5.69 Å². The number of nitrogens with one attached hydrogen (secondary N) is 1. The molecule has 5 nitrogen and oxygen atoms in total. The van der Waals surface area contributed by atoms with Crippen LogP contribution in [0.15, 0.2) is 42.5 Å². The zero-order valence-electron chi connectivity index (χ0n) is 13.7. The smallest absolute Gasteiger partial charge is 0.264 e. The van der Waals surface area contributed by atoms with E-state index in [1.807, 2.05) is 0 Å². The average molecular weight is 340 g/mol. The Kier molecular flexibility index (Phi) is 3.67. The number of amides is 2. The summed E-state index contributed by atoms with van der Waals surface area (Å²) in [6.45, 7) is 0.0244. The lowest BCUT2D eigenvalue weighted by atomic mass is 10.1. The third-order valence-corrected chi connectivity index (χ3v) is 4.74. The summed E-state index contributed by atoms with van der Waals surface area (Å²) in [6, 6.07) is 11.5. The number of carbonyl (C=O) groups excluding carboxylic acids is 2. The van der Waals surface area contributed by atoms with Gasteiger partial charge in [0.15, 0.2) is 6.61 Å². The maximum absolute atomic E-state index is 13.0. The predicted molar refractivity (Wildman–Crippen MR) is 91.2 cm³/mol. The highest BCUT2D eigenvalue weighted by molar-refractivity contribution is 6.00. The molecule has 0 radical (unpaired) electrons. The van der Waals surface area contributed by atoms with E-state index in [0.717, 1.165) is 12.0 Å². The van der Waals surface area contributed by atoms with Gasteiger partial charge in [-0.15, -0.1) is 0 Å². The lowest BCUT2D eigenvalue weighted by molar-refractivity contribution is -0.121. The van der Waals surface area contributed by atoms with Crippen LogP contribution in [-0.2, 0) is 9.59 Å². The summed E-state index contributed by atoms with van der Waals surface area (Å²) in [5.74, 6) is 0.161. The molecule has 1 aliphatic carbocycles. The number of likely N-dealkylation sites (N-methyl/N-ethyl adjacent to an activating group) is 1. The molecule has 128 valence electrons. The molecule has 4 rings (SSSR count). The molecule has 6 heteroatoms. The minimum Gasteiger partial charge on any atom is -0.482 e. The van der Waals surface area contributed by atoms with Crippen LogP contribution in [0.25, 0.3) is 0 Å². The summed E-state index contributed by atoms with van der Waals surface area (Å²) in [6.07, 6.45) is 0.754. The quantitative estimate of drug-likeness (QED) is 0.935. The molecule has 0 unspecified atom stereocenters. The van der Waals surface area contributed by atoms with Crippen molar-refractivity contribution in [2.45, 2.75) is 12.3 Å². The van der Waals surface area contributed by atoms with Crippen LogP contribution in [0.4, 0.5) is 15.8 Å². The summed E-state index contributed by atoms with van der Waals surface area (Å²) in [5.41, 5.74) is 2.24. The number of nitrogens with zero attached hydrogens (tertiary/aromatic N) is 1. The Morgan fingerprint density at radius 2 is 2.00 bits per heavy atom. The van der Waals surface area contributed by atoms with Gasteiger partial charge in [0.2, 0.25) is 5.91 Å². The van der Waals surface area contributed by atoms with Gasteiger partial charge in [-0.05, 0) is 48.2 Å². The SMILES string of the molecule is CN1C(=O)COc2ccc(NC(=O)[C@@H]3C[C@@H]3c3ccc(F)cc3)cc21. The maximum atomic E-state index is 13.0. The average Bonchev–Trinajstić information content (AvgIpc) is 3.40. The molecule has 1 saturated carbocycles. The van der Waals surface area contributed by atoms with Gasteiger partial charge in [0, 0.05) is 18.7 Å². The van der Waals surface area contributed by atoms with Crippen molar-refractivity contribution in [3.05, 3.63) is 53.8 Å². The molecule has 2 atom stereocenters. The van der Waals surface area contributed by atoms with Crippen LogP contribution in [0.2, 0.25) is 0 Å². The molecule has 2 aliphatic rings. The Balaban J connectivity index is 1.45. The van der Waals surface area contributed by atoms with Crippen LogP contribution in [0.1, 0.15) is 17.9 Å².